The average Bonchev–Trinajstić information content (AvgIpc) is 3.20. The number of methoxy groups -OCH3 is 2. The zero-order chi connectivity index (χ0) is 23.7. The van der Waals surface area contributed by atoms with Crippen LogP contribution in [-0.2, 0) is 4.74 Å². The van der Waals surface area contributed by atoms with Crippen molar-refractivity contribution in [2.75, 3.05) is 32.8 Å². The standard InChI is InChI=1S/C20H18Cl3N5O5/c1-31-12-4-13(32-2)16(22)14(15(12)21)9-3-8-5-24-19(28-17(8)18(23)25-9)26-10-6-33-7-11(10)27-20(29)30/h3-5,10-11,27H,6-7H2,1-2H3,(H,29,30)(H,24,26,28)/t10-,11+/m1/s1. The normalized spacial score (nSPS) is 17.7. The highest BCUT2D eigenvalue weighted by Crippen LogP contribution is 2.46. The Morgan fingerprint density at radius 1 is 1.09 bits per heavy atom. The van der Waals surface area contributed by atoms with Gasteiger partial charge < -0.3 is 30.0 Å². The molecule has 1 aromatic carbocycles. The van der Waals surface area contributed by atoms with Crippen LogP contribution in [0.5, 0.6) is 11.5 Å². The second-order valence-corrected chi connectivity index (χ2v) is 8.17. The van der Waals surface area contributed by atoms with Crippen LogP contribution in [0.4, 0.5) is 10.7 Å². The van der Waals surface area contributed by atoms with Crippen LogP contribution >= 0.6 is 34.8 Å². The number of amides is 1. The summed E-state index contributed by atoms with van der Waals surface area (Å²) in [5.41, 5.74) is 1.17. The van der Waals surface area contributed by atoms with E-state index in [1.807, 2.05) is 0 Å². The van der Waals surface area contributed by atoms with E-state index >= 15 is 0 Å². The van der Waals surface area contributed by atoms with Gasteiger partial charge in [-0.15, -0.1) is 0 Å². The smallest absolute Gasteiger partial charge is 0.405 e. The van der Waals surface area contributed by atoms with Gasteiger partial charge in [-0.25, -0.2) is 19.7 Å². The lowest BCUT2D eigenvalue weighted by atomic mass is 10.1. The maximum Gasteiger partial charge on any atom is 0.405 e. The number of anilines is 1. The third-order valence-corrected chi connectivity index (χ3v) is 6.07. The highest BCUT2D eigenvalue weighted by molar-refractivity contribution is 6.41. The lowest BCUT2D eigenvalue weighted by molar-refractivity contribution is 0.175. The molecule has 0 radical (unpaired) electrons. The Labute approximate surface area is 203 Å². The molecule has 0 spiro atoms. The molecule has 3 aromatic rings. The summed E-state index contributed by atoms with van der Waals surface area (Å²) in [6, 6.07) is 2.50. The van der Waals surface area contributed by atoms with Gasteiger partial charge in [-0.1, -0.05) is 34.8 Å². The quantitative estimate of drug-likeness (QED) is 0.416. The number of carboxylic acid groups (broad SMARTS) is 1. The SMILES string of the molecule is COc1cc(OC)c(Cl)c(-c2cc3cnc(N[C@@H]4COC[C@@H]4NC(=O)O)nc3c(Cl)n2)c1Cl. The van der Waals surface area contributed by atoms with Crippen molar-refractivity contribution < 1.29 is 24.1 Å². The van der Waals surface area contributed by atoms with Crippen LogP contribution in [0.1, 0.15) is 0 Å². The second-order valence-electron chi connectivity index (χ2n) is 7.06. The van der Waals surface area contributed by atoms with E-state index < -0.39 is 12.1 Å². The van der Waals surface area contributed by atoms with Crippen LogP contribution in [0.15, 0.2) is 18.3 Å². The molecule has 3 N–H and O–H groups in total. The van der Waals surface area contributed by atoms with Crippen molar-refractivity contribution in [3.8, 4) is 22.8 Å². The topological polar surface area (TPSA) is 128 Å². The molecule has 0 bridgehead atoms. The fourth-order valence-corrected chi connectivity index (χ4v) is 4.41. The minimum absolute atomic E-state index is 0.102. The van der Waals surface area contributed by atoms with Gasteiger partial charge in [0.1, 0.15) is 17.0 Å². The van der Waals surface area contributed by atoms with Gasteiger partial charge in [0.05, 0.1) is 55.3 Å². The molecule has 0 unspecified atom stereocenters. The predicted molar refractivity (Wildman–Crippen MR) is 124 cm³/mol. The summed E-state index contributed by atoms with van der Waals surface area (Å²) in [6.45, 7) is 0.542. The predicted octanol–water partition coefficient (Wildman–Crippen LogP) is 4.12. The van der Waals surface area contributed by atoms with Gasteiger partial charge in [0.25, 0.3) is 0 Å². The fourth-order valence-electron chi connectivity index (χ4n) is 3.47. The van der Waals surface area contributed by atoms with E-state index in [0.29, 0.717) is 40.3 Å². The van der Waals surface area contributed by atoms with E-state index in [1.165, 1.54) is 14.2 Å². The first kappa shape index (κ1) is 23.4. The molecule has 1 aliphatic rings. The monoisotopic (exact) mass is 513 g/mol. The lowest BCUT2D eigenvalue weighted by Crippen LogP contribution is -2.45. The molecule has 33 heavy (non-hydrogen) atoms. The first-order valence-electron chi connectivity index (χ1n) is 9.59. The fraction of sp³-hybridized carbons (Fsp3) is 0.300. The van der Waals surface area contributed by atoms with E-state index in [9.17, 15) is 4.79 Å². The zero-order valence-electron chi connectivity index (χ0n) is 17.4. The molecule has 1 fully saturated rings. The molecule has 1 aliphatic heterocycles. The number of hydrogen-bond acceptors (Lipinski definition) is 8. The number of nitrogens with one attached hydrogen (secondary N) is 2. The minimum Gasteiger partial charge on any atom is -0.495 e. The van der Waals surface area contributed by atoms with Crippen molar-refractivity contribution in [2.45, 2.75) is 12.1 Å². The number of carbonyl (C=O) groups is 1. The molecule has 4 rings (SSSR count). The van der Waals surface area contributed by atoms with Crippen molar-refractivity contribution in [3.05, 3.63) is 33.5 Å². The minimum atomic E-state index is -1.14. The van der Waals surface area contributed by atoms with Crippen molar-refractivity contribution in [2.24, 2.45) is 0 Å². The summed E-state index contributed by atoms with van der Waals surface area (Å²) < 4.78 is 16.0. The van der Waals surface area contributed by atoms with E-state index in [4.69, 9.17) is 54.1 Å². The van der Waals surface area contributed by atoms with Crippen molar-refractivity contribution in [1.82, 2.24) is 20.3 Å². The Bertz CT molecular complexity index is 1200. The highest BCUT2D eigenvalue weighted by atomic mass is 35.5. The Morgan fingerprint density at radius 2 is 1.76 bits per heavy atom. The largest absolute Gasteiger partial charge is 0.495 e. The highest BCUT2D eigenvalue weighted by Gasteiger charge is 2.30. The van der Waals surface area contributed by atoms with Gasteiger partial charge in [0.2, 0.25) is 5.95 Å². The van der Waals surface area contributed by atoms with Gasteiger partial charge in [0, 0.05) is 23.2 Å². The molecule has 2 aromatic heterocycles. The van der Waals surface area contributed by atoms with Gasteiger partial charge in [0.15, 0.2) is 5.15 Å². The average molecular weight is 515 g/mol. The number of ether oxygens (including phenoxy) is 3. The molecular formula is C20H18Cl3N5O5. The molecule has 10 nitrogen and oxygen atoms in total. The number of benzene rings is 1. The summed E-state index contributed by atoms with van der Waals surface area (Å²) in [6.07, 6.45) is 0.430. The van der Waals surface area contributed by atoms with Crippen molar-refractivity contribution in [1.29, 1.82) is 0 Å². The van der Waals surface area contributed by atoms with Crippen LogP contribution in [0.2, 0.25) is 15.2 Å². The van der Waals surface area contributed by atoms with E-state index in [0.717, 1.165) is 0 Å². The molecule has 0 saturated carbocycles. The Balaban J connectivity index is 1.71. The summed E-state index contributed by atoms with van der Waals surface area (Å²) in [5, 5.41) is 15.7. The van der Waals surface area contributed by atoms with Crippen molar-refractivity contribution >= 4 is 57.7 Å². The second kappa shape index (κ2) is 9.60. The molecule has 1 amide bonds. The maximum absolute atomic E-state index is 11.0. The van der Waals surface area contributed by atoms with Gasteiger partial charge in [-0.2, -0.15) is 0 Å². The summed E-state index contributed by atoms with van der Waals surface area (Å²) in [7, 11) is 2.96. The molecule has 1 saturated heterocycles. The molecule has 0 aliphatic carbocycles. The van der Waals surface area contributed by atoms with Crippen LogP contribution in [0.3, 0.4) is 0 Å². The molecule has 13 heteroatoms. The molecule has 3 heterocycles. The zero-order valence-corrected chi connectivity index (χ0v) is 19.6. The number of fused-ring (bicyclic) bond motifs is 1. The first-order chi connectivity index (χ1) is 15.8. The van der Waals surface area contributed by atoms with Crippen LogP contribution in [0, 0.1) is 0 Å². The number of rotatable bonds is 6. The number of nitrogens with zero attached hydrogens (tertiary/aromatic N) is 3. The van der Waals surface area contributed by atoms with Crippen LogP contribution in [-0.4, -0.2) is 65.7 Å². The van der Waals surface area contributed by atoms with E-state index in [1.54, 1.807) is 18.3 Å². The third-order valence-electron chi connectivity index (χ3n) is 5.06. The third kappa shape index (κ3) is 4.65. The number of pyridine rings is 1. The summed E-state index contributed by atoms with van der Waals surface area (Å²) in [4.78, 5) is 24.1. The van der Waals surface area contributed by atoms with Crippen LogP contribution in [0.25, 0.3) is 22.2 Å². The van der Waals surface area contributed by atoms with Crippen LogP contribution < -0.4 is 20.1 Å². The van der Waals surface area contributed by atoms with Gasteiger partial charge in [-0.3, -0.25) is 0 Å². The number of hydrogen-bond donors (Lipinski definition) is 3. The summed E-state index contributed by atoms with van der Waals surface area (Å²) >= 11 is 19.5. The first-order valence-corrected chi connectivity index (χ1v) is 10.7. The Morgan fingerprint density at radius 3 is 2.39 bits per heavy atom. The Kier molecular flexibility index (Phi) is 6.80. The van der Waals surface area contributed by atoms with E-state index in [-0.39, 0.29) is 33.8 Å². The molecule has 2 atom stereocenters. The van der Waals surface area contributed by atoms with Crippen molar-refractivity contribution in [3.63, 3.8) is 0 Å². The Hall–Kier alpha value is -2.79. The number of halogens is 3. The summed E-state index contributed by atoms with van der Waals surface area (Å²) in [5.74, 6) is 0.987. The van der Waals surface area contributed by atoms with Gasteiger partial charge in [-0.05, 0) is 6.07 Å². The molecular weight excluding hydrogens is 497 g/mol. The van der Waals surface area contributed by atoms with E-state index in [2.05, 4.69) is 25.6 Å². The maximum atomic E-state index is 11.0. The van der Waals surface area contributed by atoms with Gasteiger partial charge >= 0.3 is 6.09 Å². The number of aromatic nitrogens is 3. The molecule has 174 valence electrons. The lowest BCUT2D eigenvalue weighted by Gasteiger charge is -2.19.